The molecule has 0 saturated heterocycles. The van der Waals surface area contributed by atoms with Gasteiger partial charge in [-0.1, -0.05) is 158 Å². The van der Waals surface area contributed by atoms with Crippen molar-refractivity contribution in [2.75, 3.05) is 0 Å². The normalized spacial score (nSPS) is 10.6. The molecule has 67 heavy (non-hydrogen) atoms. The maximum atomic E-state index is 13.6. The Balaban J connectivity index is 0.000000218. The molecule has 0 fully saturated rings. The van der Waals surface area contributed by atoms with Crippen molar-refractivity contribution in [2.24, 2.45) is 0 Å². The van der Waals surface area contributed by atoms with E-state index in [2.05, 4.69) is 10.2 Å². The third kappa shape index (κ3) is 11.2. The largest absolute Gasteiger partial charge is 2.00 e. The molecule has 0 unspecified atom stereocenters. The Morgan fingerprint density at radius 1 is 0.433 bits per heavy atom. The SMILES string of the molecule is Cc1nn(-c2ccccc2)c([O-])c1C(C(=O)OC(C)C)=C(c1ccccc1)c1ccccc1.Cc1nn(-c2ccccc2)c([O-])c1C(C(=O)OC(C)C)=C(c1ccccc1)c1ccccc1.[Cu+2]. The van der Waals surface area contributed by atoms with Gasteiger partial charge in [0.2, 0.25) is 0 Å². The van der Waals surface area contributed by atoms with Gasteiger partial charge in [0.25, 0.3) is 0 Å². The Morgan fingerprint density at radius 2 is 0.672 bits per heavy atom. The molecule has 0 saturated carbocycles. The zero-order valence-corrected chi connectivity index (χ0v) is 39.0. The van der Waals surface area contributed by atoms with Gasteiger partial charge in [-0.2, -0.15) is 10.2 Å². The van der Waals surface area contributed by atoms with Crippen LogP contribution in [0.2, 0.25) is 0 Å². The first-order valence-electron chi connectivity index (χ1n) is 21.7. The van der Waals surface area contributed by atoms with E-state index in [0.29, 0.717) is 33.9 Å². The summed E-state index contributed by atoms with van der Waals surface area (Å²) in [6.07, 6.45) is -0.695. The third-order valence-electron chi connectivity index (χ3n) is 10.4. The molecule has 0 aliphatic rings. The first-order chi connectivity index (χ1) is 31.9. The van der Waals surface area contributed by atoms with Gasteiger partial charge >= 0.3 is 29.0 Å². The van der Waals surface area contributed by atoms with E-state index in [1.165, 1.54) is 9.36 Å². The molecule has 2 aromatic heterocycles. The number of esters is 2. The topological polar surface area (TPSA) is 134 Å². The van der Waals surface area contributed by atoms with Crippen LogP contribution in [0.4, 0.5) is 0 Å². The number of hydrogen-bond donors (Lipinski definition) is 0. The summed E-state index contributed by atoms with van der Waals surface area (Å²) >= 11 is 0. The van der Waals surface area contributed by atoms with Crippen molar-refractivity contribution < 1.29 is 46.3 Å². The summed E-state index contributed by atoms with van der Waals surface area (Å²) in [5, 5.41) is 36.3. The summed E-state index contributed by atoms with van der Waals surface area (Å²) in [5.41, 5.74) is 7.62. The van der Waals surface area contributed by atoms with E-state index in [9.17, 15) is 19.8 Å². The van der Waals surface area contributed by atoms with Crippen LogP contribution in [-0.4, -0.2) is 43.7 Å². The van der Waals surface area contributed by atoms with Crippen molar-refractivity contribution in [3.63, 3.8) is 0 Å². The van der Waals surface area contributed by atoms with E-state index in [-0.39, 0.29) is 63.3 Å². The fourth-order valence-corrected chi connectivity index (χ4v) is 7.61. The Bertz CT molecular complexity index is 2680. The van der Waals surface area contributed by atoms with Crippen LogP contribution in [0, 0.1) is 13.8 Å². The van der Waals surface area contributed by atoms with Gasteiger partial charge in [-0.25, -0.2) is 19.0 Å². The molecular formula is C56H50CuN4O6. The van der Waals surface area contributed by atoms with Gasteiger partial charge in [-0.15, -0.1) is 0 Å². The molecule has 2 heterocycles. The molecule has 1 radical (unpaired) electrons. The van der Waals surface area contributed by atoms with Gasteiger partial charge in [0.05, 0.1) is 46.1 Å². The number of nitrogens with zero attached hydrogens (tertiary/aromatic N) is 4. The first-order valence-corrected chi connectivity index (χ1v) is 21.7. The van der Waals surface area contributed by atoms with Gasteiger partial charge in [-0.3, -0.25) is 0 Å². The Kier molecular flexibility index (Phi) is 16.3. The van der Waals surface area contributed by atoms with E-state index < -0.39 is 11.9 Å². The number of aryl methyl sites for hydroxylation is 2. The Hall–Kier alpha value is -7.72. The van der Waals surface area contributed by atoms with Crippen molar-refractivity contribution in [1.82, 2.24) is 19.6 Å². The number of aromatic nitrogens is 4. The van der Waals surface area contributed by atoms with E-state index in [1.807, 2.05) is 182 Å². The molecule has 0 aliphatic carbocycles. The minimum absolute atomic E-state index is 0. The molecule has 6 aromatic carbocycles. The molecule has 0 aliphatic heterocycles. The summed E-state index contributed by atoms with van der Waals surface area (Å²) in [6, 6.07) is 56.6. The summed E-state index contributed by atoms with van der Waals surface area (Å²) in [6.45, 7) is 10.6. The molecule has 8 aromatic rings. The maximum absolute atomic E-state index is 13.6. The zero-order valence-electron chi connectivity index (χ0n) is 38.0. The Morgan fingerprint density at radius 3 is 0.910 bits per heavy atom. The molecule has 8 rings (SSSR count). The zero-order chi connectivity index (χ0) is 46.7. The van der Waals surface area contributed by atoms with Crippen LogP contribution in [0.15, 0.2) is 182 Å². The van der Waals surface area contributed by atoms with Crippen LogP contribution in [0.1, 0.15) is 72.5 Å². The molecule has 341 valence electrons. The number of rotatable bonds is 12. The molecule has 11 heteroatoms. The van der Waals surface area contributed by atoms with Crippen LogP contribution in [0.25, 0.3) is 33.7 Å². The molecule has 0 atom stereocenters. The minimum atomic E-state index is -0.555. The van der Waals surface area contributed by atoms with Crippen molar-refractivity contribution in [2.45, 2.75) is 53.8 Å². The van der Waals surface area contributed by atoms with Crippen molar-refractivity contribution in [3.05, 3.63) is 227 Å². The Labute approximate surface area is 402 Å². The fraction of sp³-hybridized carbons (Fsp3) is 0.143. The monoisotopic (exact) mass is 937 g/mol. The second-order valence-corrected chi connectivity index (χ2v) is 15.9. The number of benzene rings is 6. The standard InChI is InChI=1S/2C28H26N2O3.Cu/c2*1-19(2)33-28(32)26(24-20(3)29-30(27(24)31)23-17-11-6-12-18-23)25(21-13-7-4-8-14-21)22-15-9-5-10-16-22;/h2*4-19,31H,1-3H3;/q;;+2/p-2. The van der Waals surface area contributed by atoms with Crippen molar-refractivity contribution in [1.29, 1.82) is 0 Å². The summed E-state index contributed by atoms with van der Waals surface area (Å²) in [5.74, 6) is -1.83. The van der Waals surface area contributed by atoms with Crippen LogP contribution in [-0.2, 0) is 36.1 Å². The van der Waals surface area contributed by atoms with E-state index >= 15 is 0 Å². The second kappa shape index (κ2) is 22.5. The van der Waals surface area contributed by atoms with Gasteiger partial charge in [-0.05, 0) is 99.8 Å². The number of hydrogen-bond acceptors (Lipinski definition) is 8. The smallest absolute Gasteiger partial charge is 0.858 e. The number of para-hydroxylation sites is 2. The van der Waals surface area contributed by atoms with Crippen LogP contribution >= 0.6 is 0 Å². The van der Waals surface area contributed by atoms with Crippen LogP contribution < -0.4 is 10.2 Å². The average molecular weight is 939 g/mol. The summed E-state index contributed by atoms with van der Waals surface area (Å²) < 4.78 is 14.0. The minimum Gasteiger partial charge on any atom is -0.858 e. The van der Waals surface area contributed by atoms with E-state index in [1.54, 1.807) is 41.5 Å². The van der Waals surface area contributed by atoms with Gasteiger partial charge < -0.3 is 19.7 Å². The molecule has 10 nitrogen and oxygen atoms in total. The predicted octanol–water partition coefficient (Wildman–Crippen LogP) is 10.3. The van der Waals surface area contributed by atoms with Gasteiger partial charge in [0, 0.05) is 22.3 Å². The molecule has 0 N–H and O–H groups in total. The molecule has 0 bridgehead atoms. The van der Waals surface area contributed by atoms with Crippen LogP contribution in [0.5, 0.6) is 11.8 Å². The van der Waals surface area contributed by atoms with E-state index in [4.69, 9.17) is 9.47 Å². The second-order valence-electron chi connectivity index (χ2n) is 15.9. The van der Waals surface area contributed by atoms with Gasteiger partial charge in [0.15, 0.2) is 0 Å². The average Bonchev–Trinajstić information content (AvgIpc) is 3.79. The van der Waals surface area contributed by atoms with Crippen molar-refractivity contribution in [3.8, 4) is 23.1 Å². The third-order valence-corrected chi connectivity index (χ3v) is 10.4. The number of carbonyl (C=O) groups excluding carboxylic acids is 2. The van der Waals surface area contributed by atoms with E-state index in [0.717, 1.165) is 22.3 Å². The first kappa shape index (κ1) is 48.7. The summed E-state index contributed by atoms with van der Waals surface area (Å²) in [4.78, 5) is 27.1. The van der Waals surface area contributed by atoms with Gasteiger partial charge in [0.1, 0.15) is 0 Å². The maximum Gasteiger partial charge on any atom is 2.00 e. The number of carbonyl (C=O) groups is 2. The molecule has 0 amide bonds. The molecule has 0 spiro atoms. The van der Waals surface area contributed by atoms with Crippen molar-refractivity contribution >= 4 is 34.2 Å². The number of ether oxygens (including phenoxy) is 2. The molecular weight excluding hydrogens is 888 g/mol. The summed E-state index contributed by atoms with van der Waals surface area (Å²) in [7, 11) is 0. The fourth-order valence-electron chi connectivity index (χ4n) is 7.61. The predicted molar refractivity (Wildman–Crippen MR) is 256 cm³/mol. The van der Waals surface area contributed by atoms with Crippen LogP contribution in [0.3, 0.4) is 0 Å². The quantitative estimate of drug-likeness (QED) is 0.0672.